The Morgan fingerprint density at radius 2 is 1.96 bits per heavy atom. The van der Waals surface area contributed by atoms with Crippen LogP contribution in [0.4, 0.5) is 0 Å². The highest BCUT2D eigenvalue weighted by Crippen LogP contribution is 2.29. The molecule has 0 aromatic heterocycles. The number of hydrogen-bond acceptors (Lipinski definition) is 2. The molecule has 23 heavy (non-hydrogen) atoms. The molecule has 0 radical (unpaired) electrons. The molecule has 0 bridgehead atoms. The third-order valence-electron chi connectivity index (χ3n) is 4.78. The fraction of sp³-hybridized carbons (Fsp3) is 0.474. The van der Waals surface area contributed by atoms with Gasteiger partial charge in [0, 0.05) is 17.8 Å². The first-order valence-electron chi connectivity index (χ1n) is 8.20. The number of rotatable bonds is 1. The molecule has 1 atom stereocenters. The van der Waals surface area contributed by atoms with Crippen molar-refractivity contribution in [2.45, 2.75) is 51.5 Å². The van der Waals surface area contributed by atoms with Crippen LogP contribution in [-0.2, 0) is 16.6 Å². The number of fused-ring (bicyclic) bond motifs is 1. The van der Waals surface area contributed by atoms with Crippen LogP contribution >= 0.6 is 0 Å². The zero-order chi connectivity index (χ0) is 16.8. The van der Waals surface area contributed by atoms with E-state index in [9.17, 15) is 9.59 Å². The van der Waals surface area contributed by atoms with Crippen molar-refractivity contribution < 1.29 is 9.59 Å². The molecule has 0 saturated carbocycles. The Morgan fingerprint density at radius 3 is 2.61 bits per heavy atom. The molecule has 0 spiro atoms. The SMILES string of the molecule is C=C1CCC(N2CCc3cc(C(C)(C)C)ccc3C2=O)C(=O)N1. The van der Waals surface area contributed by atoms with Crippen molar-refractivity contribution in [2.24, 2.45) is 0 Å². The van der Waals surface area contributed by atoms with E-state index < -0.39 is 0 Å². The second-order valence-corrected chi connectivity index (χ2v) is 7.52. The second kappa shape index (κ2) is 5.52. The summed E-state index contributed by atoms with van der Waals surface area (Å²) in [6, 6.07) is 5.73. The Bertz CT molecular complexity index is 685. The van der Waals surface area contributed by atoms with Crippen molar-refractivity contribution in [3.05, 3.63) is 47.2 Å². The highest BCUT2D eigenvalue weighted by molar-refractivity contribution is 6.00. The molecular weight excluding hydrogens is 288 g/mol. The lowest BCUT2D eigenvalue weighted by molar-refractivity contribution is -0.126. The van der Waals surface area contributed by atoms with Gasteiger partial charge in [-0.1, -0.05) is 39.5 Å². The maximum atomic E-state index is 12.8. The van der Waals surface area contributed by atoms with Crippen molar-refractivity contribution in [1.29, 1.82) is 0 Å². The van der Waals surface area contributed by atoms with E-state index in [0.29, 0.717) is 13.0 Å². The van der Waals surface area contributed by atoms with Gasteiger partial charge >= 0.3 is 0 Å². The van der Waals surface area contributed by atoms with Crippen LogP contribution in [-0.4, -0.2) is 29.3 Å². The van der Waals surface area contributed by atoms with Gasteiger partial charge < -0.3 is 10.2 Å². The van der Waals surface area contributed by atoms with Gasteiger partial charge in [0.2, 0.25) is 5.91 Å². The van der Waals surface area contributed by atoms with Gasteiger partial charge in [0.1, 0.15) is 6.04 Å². The zero-order valence-electron chi connectivity index (χ0n) is 14.1. The lowest BCUT2D eigenvalue weighted by Gasteiger charge is -2.37. The van der Waals surface area contributed by atoms with Gasteiger partial charge in [-0.05, 0) is 41.9 Å². The normalized spacial score (nSPS) is 22.0. The average Bonchev–Trinajstić information content (AvgIpc) is 2.47. The van der Waals surface area contributed by atoms with Gasteiger partial charge in [0.05, 0.1) is 0 Å². The number of carbonyl (C=O) groups excluding carboxylic acids is 2. The zero-order valence-corrected chi connectivity index (χ0v) is 14.1. The number of nitrogens with one attached hydrogen (secondary N) is 1. The molecule has 1 fully saturated rings. The van der Waals surface area contributed by atoms with Crippen LogP contribution in [0.1, 0.15) is 55.1 Å². The number of allylic oxidation sites excluding steroid dienone is 1. The topological polar surface area (TPSA) is 49.4 Å². The third-order valence-corrected chi connectivity index (χ3v) is 4.78. The van der Waals surface area contributed by atoms with E-state index in [-0.39, 0.29) is 23.3 Å². The molecule has 4 nitrogen and oxygen atoms in total. The molecule has 2 heterocycles. The summed E-state index contributed by atoms with van der Waals surface area (Å²) in [7, 11) is 0. The molecule has 2 aliphatic heterocycles. The van der Waals surface area contributed by atoms with Crippen molar-refractivity contribution in [1.82, 2.24) is 10.2 Å². The van der Waals surface area contributed by atoms with Gasteiger partial charge in [0.25, 0.3) is 5.91 Å². The van der Waals surface area contributed by atoms with Crippen molar-refractivity contribution >= 4 is 11.8 Å². The van der Waals surface area contributed by atoms with Crippen molar-refractivity contribution in [2.75, 3.05) is 6.54 Å². The summed E-state index contributed by atoms with van der Waals surface area (Å²) < 4.78 is 0. The second-order valence-electron chi connectivity index (χ2n) is 7.52. The van der Waals surface area contributed by atoms with Crippen molar-refractivity contribution in [3.63, 3.8) is 0 Å². The number of nitrogens with zero attached hydrogens (tertiary/aromatic N) is 1. The van der Waals surface area contributed by atoms with Crippen LogP contribution in [0.3, 0.4) is 0 Å². The molecule has 1 aromatic rings. The molecule has 1 N–H and O–H groups in total. The molecule has 2 amide bonds. The summed E-state index contributed by atoms with van der Waals surface area (Å²) in [6.45, 7) is 10.9. The molecule has 1 unspecified atom stereocenters. The van der Waals surface area contributed by atoms with Gasteiger partial charge in [0.15, 0.2) is 0 Å². The lowest BCUT2D eigenvalue weighted by Crippen LogP contribution is -2.53. The Morgan fingerprint density at radius 1 is 1.22 bits per heavy atom. The minimum atomic E-state index is -0.372. The Balaban J connectivity index is 1.87. The van der Waals surface area contributed by atoms with Crippen LogP contribution in [0.2, 0.25) is 0 Å². The van der Waals surface area contributed by atoms with Crippen LogP contribution < -0.4 is 5.32 Å². The Hall–Kier alpha value is -2.10. The summed E-state index contributed by atoms with van der Waals surface area (Å²) in [5.74, 6) is -0.135. The molecule has 3 rings (SSSR count). The van der Waals surface area contributed by atoms with E-state index in [1.54, 1.807) is 4.90 Å². The van der Waals surface area contributed by atoms with E-state index in [1.165, 1.54) is 5.56 Å². The van der Waals surface area contributed by atoms with Crippen molar-refractivity contribution in [3.8, 4) is 0 Å². The molecule has 122 valence electrons. The predicted molar refractivity (Wildman–Crippen MR) is 90.2 cm³/mol. The largest absolute Gasteiger partial charge is 0.329 e. The fourth-order valence-electron chi connectivity index (χ4n) is 3.33. The monoisotopic (exact) mass is 312 g/mol. The first kappa shape index (κ1) is 15.8. The van der Waals surface area contributed by atoms with Gasteiger partial charge in [-0.25, -0.2) is 0 Å². The highest BCUT2D eigenvalue weighted by atomic mass is 16.2. The molecule has 1 aromatic carbocycles. The number of benzene rings is 1. The van der Waals surface area contributed by atoms with E-state index in [0.717, 1.165) is 29.7 Å². The maximum absolute atomic E-state index is 12.8. The fourth-order valence-corrected chi connectivity index (χ4v) is 3.33. The molecule has 4 heteroatoms. The summed E-state index contributed by atoms with van der Waals surface area (Å²) in [6.07, 6.45) is 2.19. The number of carbonyl (C=O) groups is 2. The number of piperidine rings is 1. The van der Waals surface area contributed by atoms with E-state index in [1.807, 2.05) is 12.1 Å². The van der Waals surface area contributed by atoms with E-state index >= 15 is 0 Å². The van der Waals surface area contributed by atoms with E-state index in [2.05, 4.69) is 38.7 Å². The van der Waals surface area contributed by atoms with Crippen LogP contribution in [0.15, 0.2) is 30.5 Å². The van der Waals surface area contributed by atoms with E-state index in [4.69, 9.17) is 0 Å². The smallest absolute Gasteiger partial charge is 0.254 e. The first-order valence-corrected chi connectivity index (χ1v) is 8.20. The summed E-state index contributed by atoms with van der Waals surface area (Å²) in [4.78, 5) is 26.7. The van der Waals surface area contributed by atoms with Gasteiger partial charge in [-0.15, -0.1) is 0 Å². The first-order chi connectivity index (χ1) is 10.8. The van der Waals surface area contributed by atoms with Gasteiger partial charge in [-0.3, -0.25) is 9.59 Å². The highest BCUT2D eigenvalue weighted by Gasteiger charge is 2.36. The average molecular weight is 312 g/mol. The Kier molecular flexibility index (Phi) is 3.78. The minimum absolute atomic E-state index is 0.0284. The molecule has 0 aliphatic carbocycles. The van der Waals surface area contributed by atoms with Crippen LogP contribution in [0, 0.1) is 0 Å². The summed E-state index contributed by atoms with van der Waals surface area (Å²) in [5, 5.41) is 2.77. The number of amides is 2. The maximum Gasteiger partial charge on any atom is 0.254 e. The van der Waals surface area contributed by atoms with Crippen LogP contribution in [0.5, 0.6) is 0 Å². The predicted octanol–water partition coefficient (Wildman–Crippen LogP) is 2.77. The molecule has 2 aliphatic rings. The standard InChI is InChI=1S/C19H24N2O2/c1-12-5-8-16(17(22)20-12)21-10-9-13-11-14(19(2,3)4)6-7-15(13)18(21)23/h6-7,11,16H,1,5,8-10H2,2-4H3,(H,20,22). The summed E-state index contributed by atoms with van der Waals surface area (Å²) >= 11 is 0. The summed E-state index contributed by atoms with van der Waals surface area (Å²) in [5.41, 5.74) is 3.88. The lowest BCUT2D eigenvalue weighted by atomic mass is 9.83. The molecule has 1 saturated heterocycles. The van der Waals surface area contributed by atoms with Crippen LogP contribution in [0.25, 0.3) is 0 Å². The van der Waals surface area contributed by atoms with Gasteiger partial charge in [-0.2, -0.15) is 0 Å². The molecular formula is C19H24N2O2. The minimum Gasteiger partial charge on any atom is -0.329 e. The quantitative estimate of drug-likeness (QED) is 0.867. The number of hydrogen-bond donors (Lipinski definition) is 1. The third kappa shape index (κ3) is 2.90. The Labute approximate surface area is 137 Å².